The topological polar surface area (TPSA) is 131 Å². The maximum absolute atomic E-state index is 15.3. The average Bonchev–Trinajstić information content (AvgIpc) is 3.41. The van der Waals surface area contributed by atoms with E-state index < -0.39 is 15.7 Å². The van der Waals surface area contributed by atoms with Crippen LogP contribution in [-0.2, 0) is 16.9 Å². The van der Waals surface area contributed by atoms with Gasteiger partial charge in [0.05, 0.1) is 23.9 Å². The third kappa shape index (κ3) is 5.00. The molecule has 0 atom stereocenters. The van der Waals surface area contributed by atoms with Crippen molar-refractivity contribution >= 4 is 33.1 Å². The van der Waals surface area contributed by atoms with E-state index in [-0.39, 0.29) is 22.6 Å². The first-order chi connectivity index (χ1) is 17.0. The van der Waals surface area contributed by atoms with Crippen LogP contribution in [0.3, 0.4) is 0 Å². The summed E-state index contributed by atoms with van der Waals surface area (Å²) in [5, 5.41) is 14.4. The zero-order chi connectivity index (χ0) is 26.2. The third-order valence-electron chi connectivity index (χ3n) is 5.33. The van der Waals surface area contributed by atoms with Crippen molar-refractivity contribution in [3.8, 4) is 17.0 Å². The molecule has 0 saturated heterocycles. The lowest BCUT2D eigenvalue weighted by atomic mass is 10.2. The van der Waals surface area contributed by atoms with Crippen molar-refractivity contribution in [2.75, 3.05) is 23.6 Å². The number of anilines is 4. The Balaban J connectivity index is 1.93. The molecule has 0 unspecified atom stereocenters. The molecule has 0 bridgehead atoms. The van der Waals surface area contributed by atoms with E-state index >= 15 is 4.39 Å². The summed E-state index contributed by atoms with van der Waals surface area (Å²) < 4.78 is 46.4. The van der Waals surface area contributed by atoms with Gasteiger partial charge in [-0.3, -0.25) is 9.78 Å². The van der Waals surface area contributed by atoms with Gasteiger partial charge < -0.3 is 15.0 Å². The van der Waals surface area contributed by atoms with Crippen molar-refractivity contribution in [1.82, 2.24) is 29.9 Å². The lowest BCUT2D eigenvalue weighted by Crippen LogP contribution is -2.29. The van der Waals surface area contributed by atoms with Crippen molar-refractivity contribution in [3.63, 3.8) is 0 Å². The molecule has 3 heterocycles. The number of nitrogens with zero attached hydrogens (tertiary/aromatic N) is 6. The standard InChI is InChI=1S/C23H27FN8O3S/c1-13(2)32(18-8-7-16(10-17(18)24)36(6,33)34)23-27-20(15-11-25-31(4)12-15)21(35-5)22(28-23)26-19-9-14(3)29-30-19/h7-13H,1-6H3,(H2,26,27,28,29,30). The summed E-state index contributed by atoms with van der Waals surface area (Å²) >= 11 is 0. The Labute approximate surface area is 208 Å². The number of aromatic nitrogens is 6. The summed E-state index contributed by atoms with van der Waals surface area (Å²) in [6, 6.07) is 5.28. The molecule has 0 saturated carbocycles. The quantitative estimate of drug-likeness (QED) is 0.361. The smallest absolute Gasteiger partial charge is 0.233 e. The summed E-state index contributed by atoms with van der Waals surface area (Å²) in [5.41, 5.74) is 2.07. The highest BCUT2D eigenvalue weighted by molar-refractivity contribution is 7.90. The van der Waals surface area contributed by atoms with Crippen molar-refractivity contribution < 1.29 is 17.5 Å². The van der Waals surface area contributed by atoms with Gasteiger partial charge in [-0.1, -0.05) is 0 Å². The highest BCUT2D eigenvalue weighted by Gasteiger charge is 2.26. The number of H-pyrrole nitrogens is 1. The van der Waals surface area contributed by atoms with Crippen molar-refractivity contribution in [2.45, 2.75) is 31.7 Å². The maximum atomic E-state index is 15.3. The van der Waals surface area contributed by atoms with Gasteiger partial charge in [0.15, 0.2) is 27.2 Å². The highest BCUT2D eigenvalue weighted by Crippen LogP contribution is 2.39. The van der Waals surface area contributed by atoms with Crippen LogP contribution in [0.15, 0.2) is 41.6 Å². The molecule has 0 amide bonds. The number of nitrogens with one attached hydrogen (secondary N) is 2. The second kappa shape index (κ2) is 9.57. The number of benzene rings is 1. The lowest BCUT2D eigenvalue weighted by Gasteiger charge is -2.28. The van der Waals surface area contributed by atoms with Gasteiger partial charge in [-0.05, 0) is 39.0 Å². The number of methoxy groups -OCH3 is 1. The molecule has 0 fully saturated rings. The van der Waals surface area contributed by atoms with E-state index in [0.717, 1.165) is 18.0 Å². The third-order valence-corrected chi connectivity index (χ3v) is 6.44. The molecule has 3 aromatic heterocycles. The van der Waals surface area contributed by atoms with Gasteiger partial charge in [0.1, 0.15) is 11.5 Å². The lowest BCUT2D eigenvalue weighted by molar-refractivity contribution is 0.415. The molecule has 0 aliphatic rings. The molecule has 4 rings (SSSR count). The normalized spacial score (nSPS) is 11.7. The number of ether oxygens (including phenoxy) is 1. The fourth-order valence-electron chi connectivity index (χ4n) is 3.70. The Morgan fingerprint density at radius 2 is 1.97 bits per heavy atom. The first-order valence-corrected chi connectivity index (χ1v) is 12.9. The summed E-state index contributed by atoms with van der Waals surface area (Å²) in [7, 11) is -0.293. The largest absolute Gasteiger partial charge is 0.491 e. The van der Waals surface area contributed by atoms with Gasteiger partial charge in [-0.15, -0.1) is 0 Å². The fraction of sp³-hybridized carbons (Fsp3) is 0.304. The van der Waals surface area contributed by atoms with Gasteiger partial charge in [-0.25, -0.2) is 17.8 Å². The van der Waals surface area contributed by atoms with Gasteiger partial charge >= 0.3 is 0 Å². The number of sulfone groups is 1. The Morgan fingerprint density at radius 1 is 1.22 bits per heavy atom. The van der Waals surface area contributed by atoms with Gasteiger partial charge in [0.2, 0.25) is 5.95 Å². The van der Waals surface area contributed by atoms with Crippen molar-refractivity contribution in [2.24, 2.45) is 7.05 Å². The van der Waals surface area contributed by atoms with E-state index in [0.29, 0.717) is 28.6 Å². The number of halogens is 1. The van der Waals surface area contributed by atoms with Crippen LogP contribution < -0.4 is 15.0 Å². The molecule has 1 aromatic carbocycles. The molecule has 0 radical (unpaired) electrons. The Hall–Kier alpha value is -4.00. The van der Waals surface area contributed by atoms with Crippen LogP contribution in [0.2, 0.25) is 0 Å². The van der Waals surface area contributed by atoms with E-state index in [2.05, 4.69) is 25.6 Å². The van der Waals surface area contributed by atoms with E-state index in [4.69, 9.17) is 9.72 Å². The molecule has 0 spiro atoms. The van der Waals surface area contributed by atoms with Gasteiger partial charge in [0.25, 0.3) is 0 Å². The summed E-state index contributed by atoms with van der Waals surface area (Å²) in [6.07, 6.45) is 4.44. The zero-order valence-electron chi connectivity index (χ0n) is 20.7. The van der Waals surface area contributed by atoms with Gasteiger partial charge in [0, 0.05) is 42.9 Å². The van der Waals surface area contributed by atoms with Crippen LogP contribution >= 0.6 is 0 Å². The molecule has 190 valence electrons. The van der Waals surface area contributed by atoms with Crippen LogP contribution in [0.25, 0.3) is 11.3 Å². The SMILES string of the molecule is COc1c(Nc2cc(C)[nH]n2)nc(N(c2ccc(S(C)(=O)=O)cc2F)C(C)C)nc1-c1cnn(C)c1. The fourth-order valence-corrected chi connectivity index (χ4v) is 4.33. The van der Waals surface area contributed by atoms with Crippen molar-refractivity contribution in [3.05, 3.63) is 48.2 Å². The first-order valence-electron chi connectivity index (χ1n) is 11.0. The monoisotopic (exact) mass is 514 g/mol. The number of rotatable bonds is 8. The second-order valence-electron chi connectivity index (χ2n) is 8.57. The predicted molar refractivity (Wildman–Crippen MR) is 134 cm³/mol. The minimum atomic E-state index is -3.58. The predicted octanol–water partition coefficient (Wildman–Crippen LogP) is 3.75. The van der Waals surface area contributed by atoms with E-state index in [1.807, 2.05) is 20.8 Å². The number of aromatic amines is 1. The molecule has 4 aromatic rings. The summed E-state index contributed by atoms with van der Waals surface area (Å²) in [6.45, 7) is 5.57. The number of aryl methyl sites for hydroxylation is 2. The van der Waals surface area contributed by atoms with Crippen LogP contribution in [0.5, 0.6) is 5.75 Å². The number of hydrogen-bond donors (Lipinski definition) is 2. The van der Waals surface area contributed by atoms with Crippen LogP contribution in [0.4, 0.5) is 27.7 Å². The molecule has 0 aliphatic heterocycles. The van der Waals surface area contributed by atoms with Crippen LogP contribution in [0, 0.1) is 12.7 Å². The van der Waals surface area contributed by atoms with Crippen LogP contribution in [-0.4, -0.2) is 57.8 Å². The second-order valence-corrected chi connectivity index (χ2v) is 10.6. The van der Waals surface area contributed by atoms with Crippen LogP contribution in [0.1, 0.15) is 19.5 Å². The van der Waals surface area contributed by atoms with Gasteiger partial charge in [-0.2, -0.15) is 15.2 Å². The minimum absolute atomic E-state index is 0.115. The summed E-state index contributed by atoms with van der Waals surface area (Å²) in [4.78, 5) is 10.9. The summed E-state index contributed by atoms with van der Waals surface area (Å²) in [5.74, 6) is 0.625. The Morgan fingerprint density at radius 3 is 2.50 bits per heavy atom. The maximum Gasteiger partial charge on any atom is 0.233 e. The first kappa shape index (κ1) is 25.1. The Bertz CT molecular complexity index is 1510. The molecule has 36 heavy (non-hydrogen) atoms. The zero-order valence-corrected chi connectivity index (χ0v) is 21.6. The molecule has 0 aliphatic carbocycles. The van der Waals surface area contributed by atoms with E-state index in [9.17, 15) is 8.42 Å². The molecule has 2 N–H and O–H groups in total. The molecular formula is C23H27FN8O3S. The average molecular weight is 515 g/mol. The molecule has 13 heteroatoms. The Kier molecular flexibility index (Phi) is 6.67. The van der Waals surface area contributed by atoms with E-state index in [1.54, 1.807) is 35.1 Å². The number of hydrogen-bond acceptors (Lipinski definition) is 9. The molecule has 11 nitrogen and oxygen atoms in total. The van der Waals surface area contributed by atoms with Crippen molar-refractivity contribution in [1.29, 1.82) is 0 Å². The minimum Gasteiger partial charge on any atom is -0.491 e. The highest BCUT2D eigenvalue weighted by atomic mass is 32.2. The molecular weight excluding hydrogens is 487 g/mol. The van der Waals surface area contributed by atoms with E-state index in [1.165, 1.54) is 19.2 Å².